The number of para-hydroxylation sites is 1. The number of carbonyl (C=O) groups is 1. The summed E-state index contributed by atoms with van der Waals surface area (Å²) in [5, 5.41) is 9.42. The lowest BCUT2D eigenvalue weighted by molar-refractivity contribution is -0.137. The number of aliphatic carboxylic acids is 1. The van der Waals surface area contributed by atoms with Gasteiger partial charge in [-0.05, 0) is 42.2 Å². The van der Waals surface area contributed by atoms with Crippen LogP contribution in [0.25, 0.3) is 0 Å². The highest BCUT2D eigenvalue weighted by Crippen LogP contribution is 2.49. The summed E-state index contributed by atoms with van der Waals surface area (Å²) in [6.07, 6.45) is 4.21. The highest BCUT2D eigenvalue weighted by molar-refractivity contribution is 5.70. The van der Waals surface area contributed by atoms with Crippen LogP contribution >= 0.6 is 0 Å². The molecule has 2 aromatic rings. The van der Waals surface area contributed by atoms with Crippen LogP contribution in [0.5, 0.6) is 11.5 Å². The Morgan fingerprint density at radius 3 is 2.79 bits per heavy atom. The number of carboxylic acid groups (broad SMARTS) is 1. The number of anilines is 1. The van der Waals surface area contributed by atoms with E-state index in [4.69, 9.17) is 9.47 Å². The van der Waals surface area contributed by atoms with Crippen LogP contribution in [0.2, 0.25) is 0 Å². The van der Waals surface area contributed by atoms with Crippen LogP contribution in [0.15, 0.2) is 42.5 Å². The van der Waals surface area contributed by atoms with Crippen LogP contribution in [0.4, 0.5) is 5.69 Å². The molecule has 0 aliphatic carbocycles. The molecular formula is C23H27NO4. The number of fused-ring (bicyclic) bond motifs is 2. The maximum Gasteiger partial charge on any atom is 0.303 e. The molecule has 2 aromatic carbocycles. The van der Waals surface area contributed by atoms with Crippen molar-refractivity contribution in [2.75, 3.05) is 24.8 Å². The van der Waals surface area contributed by atoms with Crippen molar-refractivity contribution in [2.24, 2.45) is 0 Å². The number of benzene rings is 2. The lowest BCUT2D eigenvalue weighted by Gasteiger charge is -2.31. The van der Waals surface area contributed by atoms with Gasteiger partial charge in [0, 0.05) is 30.6 Å². The van der Waals surface area contributed by atoms with Crippen molar-refractivity contribution in [3.8, 4) is 11.5 Å². The quantitative estimate of drug-likeness (QED) is 0.679. The van der Waals surface area contributed by atoms with E-state index < -0.39 is 5.97 Å². The van der Waals surface area contributed by atoms with Gasteiger partial charge in [-0.2, -0.15) is 0 Å². The third kappa shape index (κ3) is 3.30. The summed E-state index contributed by atoms with van der Waals surface area (Å²) in [6.45, 7) is 4.23. The SMILES string of the molecule is CCCCCN1CC(CCC(=O)O)(c2ccc3c(c2)OCO3)c2ccccc21. The molecule has 2 aliphatic rings. The number of hydrogen-bond donors (Lipinski definition) is 1. The number of nitrogens with zero attached hydrogens (tertiary/aromatic N) is 1. The van der Waals surface area contributed by atoms with Gasteiger partial charge in [-0.1, -0.05) is 44.0 Å². The van der Waals surface area contributed by atoms with Crippen LogP contribution < -0.4 is 14.4 Å². The first-order chi connectivity index (χ1) is 13.6. The van der Waals surface area contributed by atoms with E-state index in [0.717, 1.165) is 36.6 Å². The molecule has 2 heterocycles. The molecule has 0 fully saturated rings. The molecule has 0 saturated heterocycles. The van der Waals surface area contributed by atoms with E-state index in [1.54, 1.807) is 0 Å². The van der Waals surface area contributed by atoms with Gasteiger partial charge in [-0.3, -0.25) is 4.79 Å². The number of rotatable bonds is 8. The van der Waals surface area contributed by atoms with Crippen molar-refractivity contribution in [1.82, 2.24) is 0 Å². The van der Waals surface area contributed by atoms with Crippen LogP contribution in [0.3, 0.4) is 0 Å². The van der Waals surface area contributed by atoms with E-state index in [1.807, 2.05) is 12.1 Å². The zero-order valence-corrected chi connectivity index (χ0v) is 16.3. The molecule has 0 spiro atoms. The van der Waals surface area contributed by atoms with Crippen molar-refractivity contribution in [3.05, 3.63) is 53.6 Å². The fourth-order valence-electron chi connectivity index (χ4n) is 4.52. The lowest BCUT2D eigenvalue weighted by Crippen LogP contribution is -2.35. The fraction of sp³-hybridized carbons (Fsp3) is 0.435. The predicted molar refractivity (Wildman–Crippen MR) is 108 cm³/mol. The van der Waals surface area contributed by atoms with Crippen molar-refractivity contribution in [1.29, 1.82) is 0 Å². The molecule has 5 heteroatoms. The van der Waals surface area contributed by atoms with Gasteiger partial charge in [0.15, 0.2) is 11.5 Å². The molecule has 4 rings (SSSR count). The van der Waals surface area contributed by atoms with Gasteiger partial charge < -0.3 is 19.5 Å². The molecular weight excluding hydrogens is 354 g/mol. The Hall–Kier alpha value is -2.69. The Kier molecular flexibility index (Phi) is 5.16. The summed E-state index contributed by atoms with van der Waals surface area (Å²) in [4.78, 5) is 13.9. The predicted octanol–water partition coefficient (Wildman–Crippen LogP) is 4.58. The van der Waals surface area contributed by atoms with E-state index in [1.165, 1.54) is 24.1 Å². The van der Waals surface area contributed by atoms with Crippen LogP contribution in [0.1, 0.15) is 50.2 Å². The molecule has 1 N–H and O–H groups in total. The minimum absolute atomic E-state index is 0.131. The normalized spacial score (nSPS) is 19.7. The average Bonchev–Trinajstić information content (AvgIpc) is 3.29. The molecule has 0 bridgehead atoms. The Labute approximate surface area is 165 Å². The molecule has 5 nitrogen and oxygen atoms in total. The zero-order valence-electron chi connectivity index (χ0n) is 16.3. The first-order valence-electron chi connectivity index (χ1n) is 10.1. The van der Waals surface area contributed by atoms with E-state index in [2.05, 4.69) is 42.2 Å². The second-order valence-electron chi connectivity index (χ2n) is 7.69. The largest absolute Gasteiger partial charge is 0.481 e. The molecule has 0 aromatic heterocycles. The Bertz CT molecular complexity index is 865. The van der Waals surface area contributed by atoms with Crippen LogP contribution in [-0.2, 0) is 10.2 Å². The van der Waals surface area contributed by atoms with E-state index in [-0.39, 0.29) is 18.6 Å². The molecule has 0 radical (unpaired) electrons. The molecule has 0 saturated carbocycles. The fourth-order valence-corrected chi connectivity index (χ4v) is 4.52. The Balaban J connectivity index is 1.76. The zero-order chi connectivity index (χ0) is 19.6. The molecule has 2 aliphatic heterocycles. The van der Waals surface area contributed by atoms with Gasteiger partial charge >= 0.3 is 5.97 Å². The van der Waals surface area contributed by atoms with Gasteiger partial charge in [0.25, 0.3) is 0 Å². The minimum Gasteiger partial charge on any atom is -0.481 e. The highest BCUT2D eigenvalue weighted by Gasteiger charge is 2.44. The topological polar surface area (TPSA) is 59.0 Å². The van der Waals surface area contributed by atoms with Gasteiger partial charge in [0.05, 0.1) is 0 Å². The average molecular weight is 381 g/mol. The smallest absolute Gasteiger partial charge is 0.303 e. The molecule has 1 atom stereocenters. The summed E-state index contributed by atoms with van der Waals surface area (Å²) in [5.74, 6) is 0.736. The number of carboxylic acids is 1. The summed E-state index contributed by atoms with van der Waals surface area (Å²) in [6, 6.07) is 14.5. The van der Waals surface area contributed by atoms with Crippen molar-refractivity contribution < 1.29 is 19.4 Å². The highest BCUT2D eigenvalue weighted by atomic mass is 16.7. The van der Waals surface area contributed by atoms with Gasteiger partial charge in [-0.15, -0.1) is 0 Å². The van der Waals surface area contributed by atoms with Gasteiger partial charge in [0.2, 0.25) is 6.79 Å². The third-order valence-corrected chi connectivity index (χ3v) is 5.94. The van der Waals surface area contributed by atoms with Crippen LogP contribution in [0, 0.1) is 0 Å². The Morgan fingerprint density at radius 2 is 1.96 bits per heavy atom. The maximum atomic E-state index is 11.5. The monoisotopic (exact) mass is 381 g/mol. The standard InChI is InChI=1S/C23H27NO4/c1-2-3-6-13-24-15-23(12-11-22(25)26,18-7-4-5-8-19(18)24)17-9-10-20-21(14-17)28-16-27-20/h4-5,7-10,14H,2-3,6,11-13,15-16H2,1H3,(H,25,26). The Morgan fingerprint density at radius 1 is 1.14 bits per heavy atom. The molecule has 0 amide bonds. The van der Waals surface area contributed by atoms with E-state index in [0.29, 0.717) is 6.42 Å². The molecule has 1 unspecified atom stereocenters. The lowest BCUT2D eigenvalue weighted by atomic mass is 9.72. The van der Waals surface area contributed by atoms with Gasteiger partial charge in [-0.25, -0.2) is 0 Å². The summed E-state index contributed by atoms with van der Waals surface area (Å²) < 4.78 is 11.1. The van der Waals surface area contributed by atoms with E-state index >= 15 is 0 Å². The second kappa shape index (κ2) is 7.74. The van der Waals surface area contributed by atoms with Crippen molar-refractivity contribution >= 4 is 11.7 Å². The van der Waals surface area contributed by atoms with Crippen molar-refractivity contribution in [2.45, 2.75) is 44.4 Å². The van der Waals surface area contributed by atoms with Gasteiger partial charge in [0.1, 0.15) is 0 Å². The number of unbranched alkanes of at least 4 members (excludes halogenated alkanes) is 2. The van der Waals surface area contributed by atoms with E-state index in [9.17, 15) is 9.90 Å². The second-order valence-corrected chi connectivity index (χ2v) is 7.69. The first-order valence-corrected chi connectivity index (χ1v) is 10.1. The van der Waals surface area contributed by atoms with Crippen LogP contribution in [-0.4, -0.2) is 31.0 Å². The number of ether oxygens (including phenoxy) is 2. The molecule has 28 heavy (non-hydrogen) atoms. The first kappa shape index (κ1) is 18.7. The molecule has 148 valence electrons. The third-order valence-electron chi connectivity index (χ3n) is 5.94. The summed E-state index contributed by atoms with van der Waals surface area (Å²) >= 11 is 0. The summed E-state index contributed by atoms with van der Waals surface area (Å²) in [7, 11) is 0. The number of hydrogen-bond acceptors (Lipinski definition) is 4. The minimum atomic E-state index is -0.762. The van der Waals surface area contributed by atoms with Crippen molar-refractivity contribution in [3.63, 3.8) is 0 Å². The maximum absolute atomic E-state index is 11.5. The summed E-state index contributed by atoms with van der Waals surface area (Å²) in [5.41, 5.74) is 3.18.